The summed E-state index contributed by atoms with van der Waals surface area (Å²) in [6.07, 6.45) is 2.65. The molecule has 0 atom stereocenters. The zero-order chi connectivity index (χ0) is 12.1. The Labute approximate surface area is 100 Å². The summed E-state index contributed by atoms with van der Waals surface area (Å²) in [6.45, 7) is 1.21. The SMILES string of the molecule is COCc1ccc(-n2cc(CCN)nn2)cc1. The van der Waals surface area contributed by atoms with Crippen molar-refractivity contribution in [1.82, 2.24) is 15.0 Å². The van der Waals surface area contributed by atoms with E-state index in [4.69, 9.17) is 10.5 Å². The molecule has 0 saturated carbocycles. The van der Waals surface area contributed by atoms with Gasteiger partial charge in [-0.25, -0.2) is 4.68 Å². The predicted octanol–water partition coefficient (Wildman–Crippen LogP) is 0.915. The minimum atomic E-state index is 0.589. The Morgan fingerprint density at radius 2 is 2.06 bits per heavy atom. The van der Waals surface area contributed by atoms with Crippen molar-refractivity contribution < 1.29 is 4.74 Å². The van der Waals surface area contributed by atoms with E-state index in [1.54, 1.807) is 11.8 Å². The zero-order valence-corrected chi connectivity index (χ0v) is 9.84. The predicted molar refractivity (Wildman–Crippen MR) is 64.8 cm³/mol. The van der Waals surface area contributed by atoms with Crippen molar-refractivity contribution in [1.29, 1.82) is 0 Å². The summed E-state index contributed by atoms with van der Waals surface area (Å²) >= 11 is 0. The molecule has 0 unspecified atom stereocenters. The Morgan fingerprint density at radius 3 is 2.71 bits per heavy atom. The van der Waals surface area contributed by atoms with E-state index in [0.29, 0.717) is 13.2 Å². The second-order valence-corrected chi connectivity index (χ2v) is 3.79. The third-order valence-corrected chi connectivity index (χ3v) is 2.45. The second kappa shape index (κ2) is 5.56. The van der Waals surface area contributed by atoms with Gasteiger partial charge in [-0.2, -0.15) is 0 Å². The first-order valence-corrected chi connectivity index (χ1v) is 5.53. The number of nitrogens with zero attached hydrogens (tertiary/aromatic N) is 3. The van der Waals surface area contributed by atoms with Crippen LogP contribution in [0.4, 0.5) is 0 Å². The Kier molecular flexibility index (Phi) is 3.85. The molecule has 0 saturated heterocycles. The highest BCUT2D eigenvalue weighted by molar-refractivity contribution is 5.33. The fraction of sp³-hybridized carbons (Fsp3) is 0.333. The molecule has 1 aromatic heterocycles. The summed E-state index contributed by atoms with van der Waals surface area (Å²) in [7, 11) is 1.68. The van der Waals surface area contributed by atoms with Crippen LogP contribution in [0.1, 0.15) is 11.3 Å². The van der Waals surface area contributed by atoms with E-state index in [-0.39, 0.29) is 0 Å². The number of methoxy groups -OCH3 is 1. The van der Waals surface area contributed by atoms with Crippen LogP contribution in [0.3, 0.4) is 0 Å². The lowest BCUT2D eigenvalue weighted by Gasteiger charge is -2.02. The maximum Gasteiger partial charge on any atom is 0.0844 e. The number of ether oxygens (including phenoxy) is 1. The van der Waals surface area contributed by atoms with Crippen LogP contribution >= 0.6 is 0 Å². The number of hydrogen-bond donors (Lipinski definition) is 1. The molecule has 2 N–H and O–H groups in total. The Balaban J connectivity index is 2.15. The van der Waals surface area contributed by atoms with Gasteiger partial charge in [-0.05, 0) is 24.2 Å². The van der Waals surface area contributed by atoms with Gasteiger partial charge in [0.15, 0.2) is 0 Å². The summed E-state index contributed by atoms with van der Waals surface area (Å²) < 4.78 is 6.81. The zero-order valence-electron chi connectivity index (χ0n) is 9.84. The van der Waals surface area contributed by atoms with E-state index in [2.05, 4.69) is 10.3 Å². The summed E-state index contributed by atoms with van der Waals surface area (Å²) in [6, 6.07) is 8.02. The molecular weight excluding hydrogens is 216 g/mol. The molecule has 0 aliphatic carbocycles. The van der Waals surface area contributed by atoms with Crippen LogP contribution in [0.15, 0.2) is 30.5 Å². The first kappa shape index (κ1) is 11.8. The van der Waals surface area contributed by atoms with Crippen LogP contribution in [-0.4, -0.2) is 28.6 Å². The molecule has 0 amide bonds. The van der Waals surface area contributed by atoms with Gasteiger partial charge in [0.1, 0.15) is 0 Å². The fourth-order valence-corrected chi connectivity index (χ4v) is 1.60. The first-order valence-electron chi connectivity index (χ1n) is 5.53. The Hall–Kier alpha value is -1.72. The molecule has 0 radical (unpaired) electrons. The van der Waals surface area contributed by atoms with Crippen molar-refractivity contribution in [3.05, 3.63) is 41.7 Å². The number of nitrogens with two attached hydrogens (primary N) is 1. The van der Waals surface area contributed by atoms with E-state index in [0.717, 1.165) is 23.4 Å². The highest BCUT2D eigenvalue weighted by Crippen LogP contribution is 2.09. The molecule has 0 aliphatic rings. The largest absolute Gasteiger partial charge is 0.380 e. The maximum atomic E-state index is 5.47. The monoisotopic (exact) mass is 232 g/mol. The Bertz CT molecular complexity index is 464. The van der Waals surface area contributed by atoms with Crippen LogP contribution in [0.25, 0.3) is 5.69 Å². The lowest BCUT2D eigenvalue weighted by molar-refractivity contribution is 0.185. The molecule has 1 heterocycles. The standard InChI is InChI=1S/C12H16N4O/c1-17-9-10-2-4-12(5-3-10)16-8-11(6-7-13)14-15-16/h2-5,8H,6-7,9,13H2,1H3. The molecule has 5 heteroatoms. The minimum absolute atomic E-state index is 0.589. The smallest absolute Gasteiger partial charge is 0.0844 e. The topological polar surface area (TPSA) is 66.0 Å². The number of aromatic nitrogens is 3. The number of hydrogen-bond acceptors (Lipinski definition) is 4. The molecule has 0 bridgehead atoms. The molecule has 0 aliphatic heterocycles. The third kappa shape index (κ3) is 2.89. The summed E-state index contributed by atoms with van der Waals surface area (Å²) in [4.78, 5) is 0. The quantitative estimate of drug-likeness (QED) is 0.832. The van der Waals surface area contributed by atoms with Crippen LogP contribution in [0.2, 0.25) is 0 Å². The highest BCUT2D eigenvalue weighted by Gasteiger charge is 2.02. The molecule has 2 aromatic rings. The van der Waals surface area contributed by atoms with Crippen molar-refractivity contribution in [2.45, 2.75) is 13.0 Å². The Morgan fingerprint density at radius 1 is 1.29 bits per heavy atom. The second-order valence-electron chi connectivity index (χ2n) is 3.79. The highest BCUT2D eigenvalue weighted by atomic mass is 16.5. The summed E-state index contributed by atoms with van der Waals surface area (Å²) in [5.74, 6) is 0. The summed E-state index contributed by atoms with van der Waals surface area (Å²) in [5.41, 5.74) is 8.51. The van der Waals surface area contributed by atoms with Gasteiger partial charge in [-0.1, -0.05) is 17.3 Å². The minimum Gasteiger partial charge on any atom is -0.380 e. The van der Waals surface area contributed by atoms with Gasteiger partial charge in [0, 0.05) is 13.5 Å². The van der Waals surface area contributed by atoms with Crippen molar-refractivity contribution >= 4 is 0 Å². The molecule has 2 rings (SSSR count). The van der Waals surface area contributed by atoms with E-state index >= 15 is 0 Å². The van der Waals surface area contributed by atoms with Gasteiger partial charge >= 0.3 is 0 Å². The van der Waals surface area contributed by atoms with Crippen molar-refractivity contribution in [3.8, 4) is 5.69 Å². The van der Waals surface area contributed by atoms with E-state index in [1.165, 1.54) is 0 Å². The average Bonchev–Trinajstić information content (AvgIpc) is 2.80. The van der Waals surface area contributed by atoms with Gasteiger partial charge in [0.25, 0.3) is 0 Å². The van der Waals surface area contributed by atoms with Crippen LogP contribution in [0, 0.1) is 0 Å². The van der Waals surface area contributed by atoms with Crippen LogP contribution < -0.4 is 5.73 Å². The normalized spacial score (nSPS) is 10.7. The van der Waals surface area contributed by atoms with Crippen LogP contribution in [-0.2, 0) is 17.8 Å². The number of benzene rings is 1. The van der Waals surface area contributed by atoms with Crippen molar-refractivity contribution in [2.24, 2.45) is 5.73 Å². The van der Waals surface area contributed by atoms with Gasteiger partial charge in [0.05, 0.1) is 24.2 Å². The maximum absolute atomic E-state index is 5.47. The molecule has 0 fully saturated rings. The number of rotatable bonds is 5. The molecule has 1 aromatic carbocycles. The third-order valence-electron chi connectivity index (χ3n) is 2.45. The van der Waals surface area contributed by atoms with Gasteiger partial charge < -0.3 is 10.5 Å². The average molecular weight is 232 g/mol. The van der Waals surface area contributed by atoms with E-state index in [1.807, 2.05) is 30.5 Å². The molecule has 90 valence electrons. The van der Waals surface area contributed by atoms with Crippen molar-refractivity contribution in [2.75, 3.05) is 13.7 Å². The fourth-order valence-electron chi connectivity index (χ4n) is 1.60. The van der Waals surface area contributed by atoms with Gasteiger partial charge in [-0.15, -0.1) is 5.10 Å². The molecular formula is C12H16N4O. The first-order chi connectivity index (χ1) is 8.33. The van der Waals surface area contributed by atoms with Gasteiger partial charge in [-0.3, -0.25) is 0 Å². The molecule has 0 spiro atoms. The van der Waals surface area contributed by atoms with E-state index < -0.39 is 0 Å². The van der Waals surface area contributed by atoms with Crippen molar-refractivity contribution in [3.63, 3.8) is 0 Å². The van der Waals surface area contributed by atoms with Gasteiger partial charge in [0.2, 0.25) is 0 Å². The lowest BCUT2D eigenvalue weighted by atomic mass is 10.2. The molecule has 5 nitrogen and oxygen atoms in total. The summed E-state index contributed by atoms with van der Waals surface area (Å²) in [5, 5.41) is 8.11. The molecule has 17 heavy (non-hydrogen) atoms. The van der Waals surface area contributed by atoms with Crippen LogP contribution in [0.5, 0.6) is 0 Å². The van der Waals surface area contributed by atoms with E-state index in [9.17, 15) is 0 Å². The lowest BCUT2D eigenvalue weighted by Crippen LogP contribution is -2.02.